The predicted octanol–water partition coefficient (Wildman–Crippen LogP) is 3.40. The van der Waals surface area contributed by atoms with Crippen LogP contribution in [0.2, 0.25) is 0 Å². The van der Waals surface area contributed by atoms with Gasteiger partial charge >= 0.3 is 0 Å². The van der Waals surface area contributed by atoms with Crippen molar-refractivity contribution in [3.05, 3.63) is 29.8 Å². The van der Waals surface area contributed by atoms with E-state index in [9.17, 15) is 0 Å². The molecule has 1 aliphatic rings. The molecule has 0 aromatic heterocycles. The number of hydrogen-bond donors (Lipinski definition) is 0. The minimum Gasteiger partial charge on any atom is -0.494 e. The summed E-state index contributed by atoms with van der Waals surface area (Å²) >= 11 is 6.42. The summed E-state index contributed by atoms with van der Waals surface area (Å²) in [4.78, 5) is 0. The molecule has 1 aliphatic heterocycles. The number of alkyl halides is 1. The standard InChI is InChI=1S/C13H17ClO2/c1-2-16-12-5-3-10(4-6-12)13(14)11-7-8-15-9-11/h3-6,11,13H,2,7-9H2,1H3. The van der Waals surface area contributed by atoms with Crippen LogP contribution in [-0.4, -0.2) is 19.8 Å². The Kier molecular flexibility index (Phi) is 4.08. The molecule has 2 nitrogen and oxygen atoms in total. The summed E-state index contributed by atoms with van der Waals surface area (Å²) in [6, 6.07) is 8.04. The Balaban J connectivity index is 2.02. The van der Waals surface area contributed by atoms with E-state index in [4.69, 9.17) is 21.1 Å². The van der Waals surface area contributed by atoms with Gasteiger partial charge in [0.15, 0.2) is 0 Å². The van der Waals surface area contributed by atoms with E-state index < -0.39 is 0 Å². The topological polar surface area (TPSA) is 18.5 Å². The van der Waals surface area contributed by atoms with Gasteiger partial charge in [-0.15, -0.1) is 11.6 Å². The quantitative estimate of drug-likeness (QED) is 0.751. The zero-order valence-electron chi connectivity index (χ0n) is 9.49. The second kappa shape index (κ2) is 5.55. The molecule has 0 N–H and O–H groups in total. The van der Waals surface area contributed by atoms with Gasteiger partial charge in [-0.25, -0.2) is 0 Å². The van der Waals surface area contributed by atoms with Crippen molar-refractivity contribution in [3.63, 3.8) is 0 Å². The van der Waals surface area contributed by atoms with Gasteiger partial charge < -0.3 is 9.47 Å². The summed E-state index contributed by atoms with van der Waals surface area (Å²) in [5, 5.41) is 0.0539. The molecule has 2 atom stereocenters. The Morgan fingerprint density at radius 1 is 1.44 bits per heavy atom. The molecule has 0 spiro atoms. The van der Waals surface area contributed by atoms with Crippen molar-refractivity contribution in [2.45, 2.75) is 18.7 Å². The van der Waals surface area contributed by atoms with Crippen molar-refractivity contribution in [2.75, 3.05) is 19.8 Å². The van der Waals surface area contributed by atoms with Gasteiger partial charge in [0.25, 0.3) is 0 Å². The highest BCUT2D eigenvalue weighted by Crippen LogP contribution is 2.34. The lowest BCUT2D eigenvalue weighted by Gasteiger charge is -2.16. The molecule has 1 saturated heterocycles. The molecule has 16 heavy (non-hydrogen) atoms. The zero-order chi connectivity index (χ0) is 11.4. The van der Waals surface area contributed by atoms with E-state index in [0.717, 1.165) is 30.9 Å². The largest absolute Gasteiger partial charge is 0.494 e. The molecule has 0 amide bonds. The van der Waals surface area contributed by atoms with Crippen molar-refractivity contribution in [3.8, 4) is 5.75 Å². The molecule has 2 rings (SSSR count). The fourth-order valence-electron chi connectivity index (χ4n) is 1.97. The second-order valence-corrected chi connectivity index (χ2v) is 4.50. The SMILES string of the molecule is CCOc1ccc(C(Cl)C2CCOC2)cc1. The molecule has 1 aromatic carbocycles. The van der Waals surface area contributed by atoms with E-state index in [1.807, 2.05) is 31.2 Å². The Bertz CT molecular complexity index is 317. The van der Waals surface area contributed by atoms with Gasteiger partial charge in [0.05, 0.1) is 18.6 Å². The minimum absolute atomic E-state index is 0.0539. The lowest BCUT2D eigenvalue weighted by molar-refractivity contribution is 0.185. The highest BCUT2D eigenvalue weighted by molar-refractivity contribution is 6.21. The van der Waals surface area contributed by atoms with Crippen LogP contribution in [0, 0.1) is 5.92 Å². The Morgan fingerprint density at radius 3 is 2.75 bits per heavy atom. The second-order valence-electron chi connectivity index (χ2n) is 4.03. The first kappa shape index (κ1) is 11.7. The van der Waals surface area contributed by atoms with Crippen LogP contribution in [0.1, 0.15) is 24.3 Å². The summed E-state index contributed by atoms with van der Waals surface area (Å²) < 4.78 is 10.8. The van der Waals surface area contributed by atoms with Crippen LogP contribution in [-0.2, 0) is 4.74 Å². The molecular weight excluding hydrogens is 224 g/mol. The lowest BCUT2D eigenvalue weighted by Crippen LogP contribution is -2.07. The fourth-order valence-corrected chi connectivity index (χ4v) is 2.31. The average molecular weight is 241 g/mol. The van der Waals surface area contributed by atoms with Crippen molar-refractivity contribution in [2.24, 2.45) is 5.92 Å². The number of benzene rings is 1. The molecule has 0 radical (unpaired) electrons. The fraction of sp³-hybridized carbons (Fsp3) is 0.538. The first-order valence-corrected chi connectivity index (χ1v) is 6.19. The molecule has 0 saturated carbocycles. The highest BCUT2D eigenvalue weighted by Gasteiger charge is 2.25. The van der Waals surface area contributed by atoms with Crippen LogP contribution in [0.15, 0.2) is 24.3 Å². The lowest BCUT2D eigenvalue weighted by atomic mass is 9.98. The maximum absolute atomic E-state index is 6.42. The van der Waals surface area contributed by atoms with Gasteiger partial charge in [-0.3, -0.25) is 0 Å². The van der Waals surface area contributed by atoms with Crippen LogP contribution < -0.4 is 4.74 Å². The van der Waals surface area contributed by atoms with Crippen molar-refractivity contribution >= 4 is 11.6 Å². The molecule has 3 heteroatoms. The third kappa shape index (κ3) is 2.69. The summed E-state index contributed by atoms with van der Waals surface area (Å²) in [6.07, 6.45) is 1.06. The summed E-state index contributed by atoms with van der Waals surface area (Å²) in [6.45, 7) is 4.29. The molecule has 1 aromatic rings. The summed E-state index contributed by atoms with van der Waals surface area (Å²) in [5.74, 6) is 1.34. The van der Waals surface area contributed by atoms with Crippen molar-refractivity contribution < 1.29 is 9.47 Å². The highest BCUT2D eigenvalue weighted by atomic mass is 35.5. The maximum atomic E-state index is 6.42. The van der Waals surface area contributed by atoms with Crippen LogP contribution in [0.4, 0.5) is 0 Å². The smallest absolute Gasteiger partial charge is 0.119 e. The normalized spacial score (nSPS) is 22.0. The molecule has 88 valence electrons. The number of hydrogen-bond acceptors (Lipinski definition) is 2. The van der Waals surface area contributed by atoms with Gasteiger partial charge in [-0.2, -0.15) is 0 Å². The van der Waals surface area contributed by atoms with Gasteiger partial charge in [0, 0.05) is 12.5 Å². The van der Waals surface area contributed by atoms with E-state index in [0.29, 0.717) is 12.5 Å². The Morgan fingerprint density at radius 2 is 2.19 bits per heavy atom. The van der Waals surface area contributed by atoms with Crippen molar-refractivity contribution in [1.29, 1.82) is 0 Å². The van der Waals surface area contributed by atoms with E-state index >= 15 is 0 Å². The van der Waals surface area contributed by atoms with E-state index in [1.165, 1.54) is 0 Å². The van der Waals surface area contributed by atoms with Gasteiger partial charge in [-0.1, -0.05) is 12.1 Å². The zero-order valence-corrected chi connectivity index (χ0v) is 10.2. The summed E-state index contributed by atoms with van der Waals surface area (Å²) in [5.41, 5.74) is 1.15. The molecule has 0 aliphatic carbocycles. The van der Waals surface area contributed by atoms with E-state index in [2.05, 4.69) is 0 Å². The Labute approximate surface area is 102 Å². The average Bonchev–Trinajstić information content (AvgIpc) is 2.83. The Hall–Kier alpha value is -0.730. The third-order valence-electron chi connectivity index (χ3n) is 2.89. The van der Waals surface area contributed by atoms with Gasteiger partial charge in [-0.05, 0) is 31.0 Å². The molecule has 2 unspecified atom stereocenters. The van der Waals surface area contributed by atoms with Crippen molar-refractivity contribution in [1.82, 2.24) is 0 Å². The maximum Gasteiger partial charge on any atom is 0.119 e. The molecule has 0 bridgehead atoms. The first-order valence-electron chi connectivity index (χ1n) is 5.76. The molecule has 1 heterocycles. The number of ether oxygens (including phenoxy) is 2. The number of rotatable bonds is 4. The number of halogens is 1. The van der Waals surface area contributed by atoms with Crippen LogP contribution in [0.3, 0.4) is 0 Å². The third-order valence-corrected chi connectivity index (χ3v) is 3.50. The molecule has 1 fully saturated rings. The van der Waals surface area contributed by atoms with Gasteiger partial charge in [0.1, 0.15) is 5.75 Å². The predicted molar refractivity (Wildman–Crippen MR) is 65.1 cm³/mol. The minimum atomic E-state index is 0.0539. The van der Waals surface area contributed by atoms with Crippen LogP contribution in [0.25, 0.3) is 0 Å². The van der Waals surface area contributed by atoms with E-state index in [-0.39, 0.29) is 5.38 Å². The van der Waals surface area contributed by atoms with Crippen LogP contribution in [0.5, 0.6) is 5.75 Å². The summed E-state index contributed by atoms with van der Waals surface area (Å²) in [7, 11) is 0. The van der Waals surface area contributed by atoms with Gasteiger partial charge in [0.2, 0.25) is 0 Å². The van der Waals surface area contributed by atoms with Crippen LogP contribution >= 0.6 is 11.6 Å². The molecular formula is C13H17ClO2. The first-order chi connectivity index (χ1) is 7.81. The monoisotopic (exact) mass is 240 g/mol. The van der Waals surface area contributed by atoms with E-state index in [1.54, 1.807) is 0 Å².